The standard InChI is InChI=1S/C24H25ClN6O2/c1-14-3-7-21-19(9-14)23(15(2)29-33)22-8-4-16(11-31(21)22)28-24(32)18-6-5-17(10-20(18)25)30(12-26)13-27/h3,5-7,9-10,12-13,16,26-27,33H,4,8,11H2,1-2H3,(H,28,32)/b26-12?,27-13?,29-15-. The zero-order valence-corrected chi connectivity index (χ0v) is 19.1. The lowest BCUT2D eigenvalue weighted by Crippen LogP contribution is -2.41. The number of hydrogen-bond acceptors (Lipinski definition) is 5. The molecule has 1 aromatic heterocycles. The number of nitrogens with zero attached hydrogens (tertiary/aromatic N) is 3. The Labute approximate surface area is 196 Å². The maximum atomic E-state index is 13.0. The normalized spacial score (nSPS) is 15.7. The van der Waals surface area contributed by atoms with Crippen LogP contribution in [0.4, 0.5) is 5.69 Å². The number of hydrogen-bond donors (Lipinski definition) is 4. The van der Waals surface area contributed by atoms with E-state index in [-0.39, 0.29) is 17.0 Å². The Morgan fingerprint density at radius 1 is 1.27 bits per heavy atom. The van der Waals surface area contributed by atoms with Crippen molar-refractivity contribution in [3.8, 4) is 0 Å². The highest BCUT2D eigenvalue weighted by Gasteiger charge is 2.27. The highest BCUT2D eigenvalue weighted by atomic mass is 35.5. The number of anilines is 1. The third-order valence-electron chi connectivity index (χ3n) is 6.08. The molecular formula is C24H25ClN6O2. The van der Waals surface area contributed by atoms with E-state index in [1.54, 1.807) is 25.1 Å². The summed E-state index contributed by atoms with van der Waals surface area (Å²) in [6.45, 7) is 4.44. The van der Waals surface area contributed by atoms with Crippen molar-refractivity contribution in [3.63, 3.8) is 0 Å². The number of halogens is 1. The second-order valence-electron chi connectivity index (χ2n) is 8.18. The smallest absolute Gasteiger partial charge is 0.253 e. The first-order chi connectivity index (χ1) is 15.9. The van der Waals surface area contributed by atoms with Crippen molar-refractivity contribution < 1.29 is 10.0 Å². The predicted octanol–water partition coefficient (Wildman–Crippen LogP) is 4.57. The number of carbonyl (C=O) groups is 1. The number of amides is 1. The van der Waals surface area contributed by atoms with E-state index in [0.717, 1.165) is 53.2 Å². The Morgan fingerprint density at radius 3 is 2.70 bits per heavy atom. The van der Waals surface area contributed by atoms with Crippen LogP contribution < -0.4 is 10.2 Å². The maximum absolute atomic E-state index is 13.0. The van der Waals surface area contributed by atoms with Crippen LogP contribution in [0.2, 0.25) is 5.02 Å². The van der Waals surface area contributed by atoms with Crippen LogP contribution in [0, 0.1) is 17.7 Å². The lowest BCUT2D eigenvalue weighted by molar-refractivity contribution is 0.0928. The maximum Gasteiger partial charge on any atom is 0.253 e. The third-order valence-corrected chi connectivity index (χ3v) is 6.39. The van der Waals surface area contributed by atoms with Gasteiger partial charge in [0.15, 0.2) is 0 Å². The predicted molar refractivity (Wildman–Crippen MR) is 132 cm³/mol. The van der Waals surface area contributed by atoms with Crippen LogP contribution >= 0.6 is 11.6 Å². The Bertz CT molecular complexity index is 1290. The molecule has 0 saturated carbocycles. The van der Waals surface area contributed by atoms with Gasteiger partial charge in [0.25, 0.3) is 5.91 Å². The van der Waals surface area contributed by atoms with E-state index in [4.69, 9.17) is 22.4 Å². The molecule has 1 unspecified atom stereocenters. The minimum atomic E-state index is -0.267. The Balaban J connectivity index is 1.60. The quantitative estimate of drug-likeness (QED) is 0.185. The van der Waals surface area contributed by atoms with Crippen molar-refractivity contribution in [3.05, 3.63) is 63.8 Å². The van der Waals surface area contributed by atoms with Crippen LogP contribution in [-0.4, -0.2) is 40.1 Å². The molecule has 33 heavy (non-hydrogen) atoms. The van der Waals surface area contributed by atoms with Crippen molar-refractivity contribution in [2.45, 2.75) is 39.3 Å². The summed E-state index contributed by atoms with van der Waals surface area (Å²) >= 11 is 6.35. The monoisotopic (exact) mass is 464 g/mol. The molecule has 0 radical (unpaired) electrons. The van der Waals surface area contributed by atoms with Gasteiger partial charge in [0, 0.05) is 40.4 Å². The molecule has 1 amide bonds. The molecule has 0 fully saturated rings. The fourth-order valence-electron chi connectivity index (χ4n) is 4.48. The van der Waals surface area contributed by atoms with E-state index in [2.05, 4.69) is 33.2 Å². The van der Waals surface area contributed by atoms with Crippen molar-refractivity contribution >= 4 is 52.5 Å². The summed E-state index contributed by atoms with van der Waals surface area (Å²) in [5.41, 5.74) is 5.71. The summed E-state index contributed by atoms with van der Waals surface area (Å²) in [4.78, 5) is 14.3. The summed E-state index contributed by atoms with van der Waals surface area (Å²) in [7, 11) is 0. The SMILES string of the molecule is C/C(=N/O)c1c2n(c3ccc(C)cc13)CC(NC(=O)c1ccc(N(C=N)C=N)cc1Cl)CC2. The molecule has 0 bridgehead atoms. The third kappa shape index (κ3) is 4.09. The van der Waals surface area contributed by atoms with Crippen molar-refractivity contribution in [2.75, 3.05) is 4.90 Å². The number of rotatable bonds is 6. The average molecular weight is 465 g/mol. The van der Waals surface area contributed by atoms with Crippen LogP contribution in [0.25, 0.3) is 10.9 Å². The summed E-state index contributed by atoms with van der Waals surface area (Å²) in [5, 5.41) is 32.0. The van der Waals surface area contributed by atoms with E-state index in [0.29, 0.717) is 23.5 Å². The molecule has 8 nitrogen and oxygen atoms in total. The molecule has 4 N–H and O–H groups in total. The molecule has 1 aliphatic rings. The minimum Gasteiger partial charge on any atom is -0.411 e. The first-order valence-corrected chi connectivity index (χ1v) is 11.0. The van der Waals surface area contributed by atoms with Gasteiger partial charge in [-0.1, -0.05) is 28.4 Å². The zero-order valence-electron chi connectivity index (χ0n) is 18.4. The van der Waals surface area contributed by atoms with Crippen LogP contribution in [0.15, 0.2) is 41.6 Å². The van der Waals surface area contributed by atoms with Gasteiger partial charge in [-0.25, -0.2) is 0 Å². The number of carbonyl (C=O) groups excluding carboxylic acids is 1. The van der Waals surface area contributed by atoms with E-state index in [1.165, 1.54) is 4.90 Å². The van der Waals surface area contributed by atoms with Gasteiger partial charge in [-0.15, -0.1) is 0 Å². The number of benzene rings is 2. The number of fused-ring (bicyclic) bond motifs is 3. The molecule has 3 aromatic rings. The zero-order chi connectivity index (χ0) is 23.7. The molecule has 0 saturated heterocycles. The highest BCUT2D eigenvalue weighted by molar-refractivity contribution is 6.34. The molecule has 4 rings (SSSR count). The topological polar surface area (TPSA) is 118 Å². The van der Waals surface area contributed by atoms with Gasteiger partial charge in [0.05, 0.1) is 29.0 Å². The van der Waals surface area contributed by atoms with Gasteiger partial charge in [-0.05, 0) is 57.0 Å². The summed E-state index contributed by atoms with van der Waals surface area (Å²) in [5.74, 6) is -0.267. The fraction of sp³-hybridized carbons (Fsp3) is 0.250. The Hall–Kier alpha value is -3.65. The Morgan fingerprint density at radius 2 is 2.03 bits per heavy atom. The molecule has 2 heterocycles. The number of aromatic nitrogens is 1. The molecule has 1 aliphatic heterocycles. The number of aryl methyl sites for hydroxylation is 1. The molecule has 1 atom stereocenters. The van der Waals surface area contributed by atoms with Gasteiger partial charge < -0.3 is 15.1 Å². The average Bonchev–Trinajstić information content (AvgIpc) is 3.12. The molecule has 2 aromatic carbocycles. The molecular weight excluding hydrogens is 440 g/mol. The highest BCUT2D eigenvalue weighted by Crippen LogP contribution is 2.32. The van der Waals surface area contributed by atoms with Gasteiger partial charge in [-0.3, -0.25) is 20.5 Å². The van der Waals surface area contributed by atoms with Crippen LogP contribution in [-0.2, 0) is 13.0 Å². The van der Waals surface area contributed by atoms with Gasteiger partial charge in [0.1, 0.15) is 0 Å². The van der Waals surface area contributed by atoms with Gasteiger partial charge in [-0.2, -0.15) is 0 Å². The summed E-state index contributed by atoms with van der Waals surface area (Å²) in [6, 6.07) is 11.0. The van der Waals surface area contributed by atoms with Crippen LogP contribution in [0.3, 0.4) is 0 Å². The number of nitrogens with one attached hydrogen (secondary N) is 3. The lowest BCUT2D eigenvalue weighted by atomic mass is 9.99. The first kappa shape index (κ1) is 22.5. The van der Waals surface area contributed by atoms with Crippen LogP contribution in [0.5, 0.6) is 0 Å². The summed E-state index contributed by atoms with van der Waals surface area (Å²) in [6.07, 6.45) is 3.48. The van der Waals surface area contributed by atoms with E-state index < -0.39 is 0 Å². The molecule has 0 spiro atoms. The molecule has 9 heteroatoms. The summed E-state index contributed by atoms with van der Waals surface area (Å²) < 4.78 is 2.20. The second kappa shape index (κ2) is 9.07. The largest absolute Gasteiger partial charge is 0.411 e. The van der Waals surface area contributed by atoms with Crippen molar-refractivity contribution in [1.82, 2.24) is 9.88 Å². The van der Waals surface area contributed by atoms with Gasteiger partial charge >= 0.3 is 0 Å². The number of oxime groups is 1. The van der Waals surface area contributed by atoms with Crippen molar-refractivity contribution in [1.29, 1.82) is 10.8 Å². The second-order valence-corrected chi connectivity index (χ2v) is 8.58. The van der Waals surface area contributed by atoms with E-state index >= 15 is 0 Å². The minimum absolute atomic E-state index is 0.0866. The fourth-order valence-corrected chi connectivity index (χ4v) is 4.74. The van der Waals surface area contributed by atoms with E-state index in [1.807, 2.05) is 6.92 Å². The lowest BCUT2D eigenvalue weighted by Gasteiger charge is -2.27. The molecule has 0 aliphatic carbocycles. The van der Waals surface area contributed by atoms with Gasteiger partial charge in [0.2, 0.25) is 0 Å². The Kier molecular flexibility index (Phi) is 6.20. The van der Waals surface area contributed by atoms with Crippen molar-refractivity contribution in [2.24, 2.45) is 5.16 Å². The first-order valence-electron chi connectivity index (χ1n) is 10.6. The van der Waals surface area contributed by atoms with Crippen LogP contribution in [0.1, 0.15) is 40.5 Å². The van der Waals surface area contributed by atoms with E-state index in [9.17, 15) is 10.0 Å². The molecule has 170 valence electrons.